The third-order valence-electron chi connectivity index (χ3n) is 3.19. The van der Waals surface area contributed by atoms with Crippen LogP contribution in [0.2, 0.25) is 0 Å². The molecular weight excluding hydrogens is 296 g/mol. The molecule has 3 aromatic rings. The predicted octanol–water partition coefficient (Wildman–Crippen LogP) is 3.11. The van der Waals surface area contributed by atoms with Crippen LogP contribution in [0.25, 0.3) is 11.5 Å². The molecule has 23 heavy (non-hydrogen) atoms. The summed E-state index contributed by atoms with van der Waals surface area (Å²) >= 11 is 0. The maximum absolute atomic E-state index is 12.0. The van der Waals surface area contributed by atoms with Crippen molar-refractivity contribution >= 4 is 5.97 Å². The Bertz CT molecular complexity index is 828. The Morgan fingerprint density at radius 1 is 1.17 bits per heavy atom. The summed E-state index contributed by atoms with van der Waals surface area (Å²) in [6, 6.07) is 14.0. The first kappa shape index (κ1) is 14.8. The Kier molecular flexibility index (Phi) is 4.05. The van der Waals surface area contributed by atoms with Crippen molar-refractivity contribution in [3.8, 4) is 17.2 Å². The second kappa shape index (κ2) is 6.31. The first-order valence-electron chi connectivity index (χ1n) is 6.98. The Morgan fingerprint density at radius 3 is 2.70 bits per heavy atom. The molecule has 0 saturated heterocycles. The van der Waals surface area contributed by atoms with Gasteiger partial charge in [-0.25, -0.2) is 4.79 Å². The lowest BCUT2D eigenvalue weighted by Crippen LogP contribution is -2.05. The van der Waals surface area contributed by atoms with E-state index in [1.165, 1.54) is 12.1 Å². The van der Waals surface area contributed by atoms with Crippen LogP contribution in [0.3, 0.4) is 0 Å². The van der Waals surface area contributed by atoms with Gasteiger partial charge >= 0.3 is 5.97 Å². The maximum atomic E-state index is 12.0. The van der Waals surface area contributed by atoms with E-state index < -0.39 is 5.97 Å². The van der Waals surface area contributed by atoms with Gasteiger partial charge in [-0.05, 0) is 36.8 Å². The summed E-state index contributed by atoms with van der Waals surface area (Å²) in [6.07, 6.45) is 0. The highest BCUT2D eigenvalue weighted by molar-refractivity contribution is 5.92. The molecule has 0 atom stereocenters. The number of benzene rings is 2. The molecule has 1 N–H and O–H groups in total. The quantitative estimate of drug-likeness (QED) is 0.745. The zero-order valence-corrected chi connectivity index (χ0v) is 12.4. The molecule has 116 valence electrons. The summed E-state index contributed by atoms with van der Waals surface area (Å²) in [5, 5.41) is 17.5. The van der Waals surface area contributed by atoms with Gasteiger partial charge in [0.1, 0.15) is 11.3 Å². The molecule has 0 radical (unpaired) electrons. The predicted molar refractivity (Wildman–Crippen MR) is 81.7 cm³/mol. The number of nitrogens with zero attached hydrogens (tertiary/aromatic N) is 2. The van der Waals surface area contributed by atoms with Crippen LogP contribution in [-0.4, -0.2) is 21.3 Å². The van der Waals surface area contributed by atoms with E-state index in [-0.39, 0.29) is 23.8 Å². The summed E-state index contributed by atoms with van der Waals surface area (Å²) in [5.41, 5.74) is 1.73. The topological polar surface area (TPSA) is 85.5 Å². The fraction of sp³-hybridized carbons (Fsp3) is 0.118. The molecule has 0 fully saturated rings. The standard InChI is InChI=1S/C17H14N2O4/c1-11-7-8-13(14(20)9-11)17(21)22-10-15-18-19-16(23-15)12-5-3-2-4-6-12/h2-9,20H,10H2,1H3. The van der Waals surface area contributed by atoms with E-state index in [9.17, 15) is 9.90 Å². The Hall–Kier alpha value is -3.15. The lowest BCUT2D eigenvalue weighted by molar-refractivity contribution is 0.0435. The lowest BCUT2D eigenvalue weighted by Gasteiger charge is -2.05. The van der Waals surface area contributed by atoms with Crippen molar-refractivity contribution in [3.63, 3.8) is 0 Å². The van der Waals surface area contributed by atoms with E-state index >= 15 is 0 Å². The Labute approximate surface area is 132 Å². The number of hydrogen-bond donors (Lipinski definition) is 1. The van der Waals surface area contributed by atoms with Crippen molar-refractivity contribution in [2.75, 3.05) is 0 Å². The number of carbonyl (C=O) groups excluding carboxylic acids is 1. The second-order valence-corrected chi connectivity index (χ2v) is 4.96. The van der Waals surface area contributed by atoms with Crippen LogP contribution in [-0.2, 0) is 11.3 Å². The highest BCUT2D eigenvalue weighted by Crippen LogP contribution is 2.21. The largest absolute Gasteiger partial charge is 0.507 e. The Balaban J connectivity index is 1.67. The highest BCUT2D eigenvalue weighted by Gasteiger charge is 2.15. The van der Waals surface area contributed by atoms with E-state index in [4.69, 9.17) is 9.15 Å². The molecule has 6 nitrogen and oxygen atoms in total. The molecule has 1 heterocycles. The van der Waals surface area contributed by atoms with Crippen LogP contribution in [0.15, 0.2) is 52.9 Å². The van der Waals surface area contributed by atoms with Gasteiger partial charge in [-0.15, -0.1) is 10.2 Å². The second-order valence-electron chi connectivity index (χ2n) is 4.96. The minimum atomic E-state index is -0.651. The van der Waals surface area contributed by atoms with Gasteiger partial charge in [0.2, 0.25) is 5.89 Å². The average molecular weight is 310 g/mol. The molecule has 1 aromatic heterocycles. The van der Waals surface area contributed by atoms with Crippen LogP contribution in [0.5, 0.6) is 5.75 Å². The smallest absolute Gasteiger partial charge is 0.342 e. The summed E-state index contributed by atoms with van der Waals surface area (Å²) < 4.78 is 10.5. The number of rotatable bonds is 4. The molecule has 0 aliphatic heterocycles. The third-order valence-corrected chi connectivity index (χ3v) is 3.19. The van der Waals surface area contributed by atoms with E-state index in [1.807, 2.05) is 37.3 Å². The van der Waals surface area contributed by atoms with Crippen LogP contribution < -0.4 is 0 Å². The van der Waals surface area contributed by atoms with Gasteiger partial charge in [0.25, 0.3) is 5.89 Å². The Morgan fingerprint density at radius 2 is 1.96 bits per heavy atom. The van der Waals surface area contributed by atoms with E-state index in [0.717, 1.165) is 11.1 Å². The summed E-state index contributed by atoms with van der Waals surface area (Å²) in [6.45, 7) is 1.66. The molecule has 6 heteroatoms. The minimum Gasteiger partial charge on any atom is -0.507 e. The summed E-state index contributed by atoms with van der Waals surface area (Å²) in [7, 11) is 0. The molecule has 0 aliphatic rings. The first-order chi connectivity index (χ1) is 11.1. The number of hydrogen-bond acceptors (Lipinski definition) is 6. The van der Waals surface area contributed by atoms with Gasteiger partial charge < -0.3 is 14.3 Å². The molecule has 0 aliphatic carbocycles. The fourth-order valence-corrected chi connectivity index (χ4v) is 2.03. The molecule has 2 aromatic carbocycles. The normalized spacial score (nSPS) is 10.5. The molecule has 0 spiro atoms. The zero-order chi connectivity index (χ0) is 16.2. The number of aryl methyl sites for hydroxylation is 1. The number of ether oxygens (including phenoxy) is 1. The number of aromatic nitrogens is 2. The average Bonchev–Trinajstić information content (AvgIpc) is 3.02. The highest BCUT2D eigenvalue weighted by atomic mass is 16.5. The van der Waals surface area contributed by atoms with Crippen LogP contribution >= 0.6 is 0 Å². The molecule has 0 amide bonds. The maximum Gasteiger partial charge on any atom is 0.342 e. The fourth-order valence-electron chi connectivity index (χ4n) is 2.03. The SMILES string of the molecule is Cc1ccc(C(=O)OCc2nnc(-c3ccccc3)o2)c(O)c1. The summed E-state index contributed by atoms with van der Waals surface area (Å²) in [4.78, 5) is 12.0. The first-order valence-corrected chi connectivity index (χ1v) is 6.98. The zero-order valence-electron chi connectivity index (χ0n) is 12.4. The number of aromatic hydroxyl groups is 1. The monoisotopic (exact) mass is 310 g/mol. The van der Waals surface area contributed by atoms with Gasteiger partial charge in [0.05, 0.1) is 0 Å². The van der Waals surface area contributed by atoms with Crippen molar-refractivity contribution in [2.24, 2.45) is 0 Å². The van der Waals surface area contributed by atoms with Gasteiger partial charge in [0.15, 0.2) is 6.61 Å². The molecule has 0 unspecified atom stereocenters. The van der Waals surface area contributed by atoms with E-state index in [0.29, 0.717) is 5.89 Å². The van der Waals surface area contributed by atoms with Gasteiger partial charge in [-0.1, -0.05) is 24.3 Å². The van der Waals surface area contributed by atoms with Gasteiger partial charge in [-0.3, -0.25) is 0 Å². The number of phenols is 1. The van der Waals surface area contributed by atoms with E-state index in [1.54, 1.807) is 6.07 Å². The number of phenolic OH excluding ortho intramolecular Hbond substituents is 1. The van der Waals surface area contributed by atoms with Crippen LogP contribution in [0, 0.1) is 6.92 Å². The van der Waals surface area contributed by atoms with Crippen molar-refractivity contribution in [1.82, 2.24) is 10.2 Å². The van der Waals surface area contributed by atoms with Crippen molar-refractivity contribution in [3.05, 3.63) is 65.5 Å². The number of carbonyl (C=O) groups is 1. The molecule has 0 saturated carbocycles. The van der Waals surface area contributed by atoms with Crippen molar-refractivity contribution in [1.29, 1.82) is 0 Å². The number of esters is 1. The molecule has 0 bridgehead atoms. The minimum absolute atomic E-state index is 0.0957. The van der Waals surface area contributed by atoms with Gasteiger partial charge in [0, 0.05) is 5.56 Å². The van der Waals surface area contributed by atoms with E-state index in [2.05, 4.69) is 10.2 Å². The third kappa shape index (κ3) is 3.37. The lowest BCUT2D eigenvalue weighted by atomic mass is 10.1. The van der Waals surface area contributed by atoms with Crippen molar-refractivity contribution < 1.29 is 19.1 Å². The van der Waals surface area contributed by atoms with Crippen LogP contribution in [0.4, 0.5) is 0 Å². The van der Waals surface area contributed by atoms with Crippen molar-refractivity contribution in [2.45, 2.75) is 13.5 Å². The van der Waals surface area contributed by atoms with Crippen LogP contribution in [0.1, 0.15) is 21.8 Å². The molecular formula is C17H14N2O4. The summed E-state index contributed by atoms with van der Waals surface area (Å²) in [5.74, 6) is -0.230. The van der Waals surface area contributed by atoms with Gasteiger partial charge in [-0.2, -0.15) is 0 Å². The molecule has 3 rings (SSSR count).